The lowest BCUT2D eigenvalue weighted by molar-refractivity contribution is -0.140. The van der Waals surface area contributed by atoms with E-state index in [2.05, 4.69) is 0 Å². The summed E-state index contributed by atoms with van der Waals surface area (Å²) < 4.78 is 65.0. The summed E-state index contributed by atoms with van der Waals surface area (Å²) in [5.41, 5.74) is -0.517. The molecular weight excluding hydrogens is 313 g/mol. The molecule has 0 fully saturated rings. The maximum atomic E-state index is 12.5. The lowest BCUT2D eigenvalue weighted by Crippen LogP contribution is -2.22. The molecular formula is C11H15F3N2O4S. The molecule has 120 valence electrons. The van der Waals surface area contributed by atoms with Crippen LogP contribution in [0.5, 0.6) is 0 Å². The number of sulfonamides is 1. The van der Waals surface area contributed by atoms with Crippen LogP contribution >= 0.6 is 0 Å². The van der Waals surface area contributed by atoms with E-state index >= 15 is 0 Å². The van der Waals surface area contributed by atoms with E-state index in [-0.39, 0.29) is 12.5 Å². The van der Waals surface area contributed by atoms with Gasteiger partial charge in [0.1, 0.15) is 17.1 Å². The Morgan fingerprint density at radius 2 is 2.00 bits per heavy atom. The average molecular weight is 328 g/mol. The van der Waals surface area contributed by atoms with E-state index < -0.39 is 39.3 Å². The normalized spacial score (nSPS) is 12.7. The van der Waals surface area contributed by atoms with Gasteiger partial charge in [-0.15, -0.1) is 0 Å². The molecule has 1 heterocycles. The predicted molar refractivity (Wildman–Crippen MR) is 67.0 cm³/mol. The summed E-state index contributed by atoms with van der Waals surface area (Å²) in [6.45, 7) is 1.98. The van der Waals surface area contributed by atoms with Gasteiger partial charge in [0.25, 0.3) is 0 Å². The van der Waals surface area contributed by atoms with Crippen LogP contribution in [-0.4, -0.2) is 31.7 Å². The fraction of sp³-hybridized carbons (Fsp3) is 0.545. The molecule has 0 atom stereocenters. The highest BCUT2D eigenvalue weighted by atomic mass is 32.2. The van der Waals surface area contributed by atoms with E-state index in [1.54, 1.807) is 13.8 Å². The van der Waals surface area contributed by atoms with Crippen LogP contribution in [0.25, 0.3) is 0 Å². The first-order valence-corrected chi connectivity index (χ1v) is 7.41. The van der Waals surface area contributed by atoms with Crippen molar-refractivity contribution in [2.75, 3.05) is 6.61 Å². The van der Waals surface area contributed by atoms with Gasteiger partial charge in [0.15, 0.2) is 0 Å². The second kappa shape index (κ2) is 6.06. The van der Waals surface area contributed by atoms with Gasteiger partial charge in [-0.3, -0.25) is 0 Å². The number of aromatic nitrogens is 1. The molecule has 0 bridgehead atoms. The summed E-state index contributed by atoms with van der Waals surface area (Å²) in [7, 11) is -4.22. The number of carbonyl (C=O) groups is 1. The SMILES string of the molecule is CC(C)COC(=O)c1cc(S(N)(=O)=O)cn1CC(F)(F)F. The number of alkyl halides is 3. The number of nitrogens with two attached hydrogens (primary N) is 1. The summed E-state index contributed by atoms with van der Waals surface area (Å²) in [6.07, 6.45) is -3.96. The number of nitrogens with zero attached hydrogens (tertiary/aromatic N) is 1. The Kier molecular flexibility index (Phi) is 5.05. The Morgan fingerprint density at radius 3 is 2.43 bits per heavy atom. The number of carbonyl (C=O) groups excluding carboxylic acids is 1. The number of esters is 1. The molecule has 0 radical (unpaired) electrons. The summed E-state index contributed by atoms with van der Waals surface area (Å²) in [5, 5.41) is 4.85. The van der Waals surface area contributed by atoms with E-state index in [1.165, 1.54) is 0 Å². The van der Waals surface area contributed by atoms with Crippen LogP contribution in [-0.2, 0) is 21.3 Å². The summed E-state index contributed by atoms with van der Waals surface area (Å²) in [6, 6.07) is 0.768. The molecule has 0 unspecified atom stereocenters. The smallest absolute Gasteiger partial charge is 0.406 e. The van der Waals surface area contributed by atoms with Gasteiger partial charge in [-0.25, -0.2) is 18.4 Å². The van der Waals surface area contributed by atoms with E-state index in [9.17, 15) is 26.4 Å². The molecule has 0 aliphatic rings. The van der Waals surface area contributed by atoms with Crippen LogP contribution < -0.4 is 5.14 Å². The minimum absolute atomic E-state index is 0.000734. The Bertz CT molecular complexity index is 620. The molecule has 2 N–H and O–H groups in total. The highest BCUT2D eigenvalue weighted by Crippen LogP contribution is 2.22. The number of primary sulfonamides is 1. The summed E-state index contributed by atoms with van der Waals surface area (Å²) in [5.74, 6) is -1.06. The van der Waals surface area contributed by atoms with Gasteiger partial charge in [-0.2, -0.15) is 13.2 Å². The summed E-state index contributed by atoms with van der Waals surface area (Å²) >= 11 is 0. The topological polar surface area (TPSA) is 91.4 Å². The molecule has 10 heteroatoms. The zero-order valence-electron chi connectivity index (χ0n) is 11.3. The van der Waals surface area contributed by atoms with Crippen molar-refractivity contribution in [2.45, 2.75) is 31.5 Å². The molecule has 1 aromatic rings. The Morgan fingerprint density at radius 1 is 1.43 bits per heavy atom. The van der Waals surface area contributed by atoms with Crippen molar-refractivity contribution < 1.29 is 31.1 Å². The quantitative estimate of drug-likeness (QED) is 0.829. The third kappa shape index (κ3) is 5.38. The Balaban J connectivity index is 3.15. The third-order valence-corrected chi connectivity index (χ3v) is 3.19. The number of ether oxygens (including phenoxy) is 1. The standard InChI is InChI=1S/C11H15F3N2O4S/c1-7(2)5-20-10(17)9-3-8(21(15,18)19)4-16(9)6-11(12,13)14/h3-4,7H,5-6H2,1-2H3,(H2,15,18,19). The van der Waals surface area contributed by atoms with Gasteiger partial charge in [0.05, 0.1) is 6.61 Å². The average Bonchev–Trinajstić information content (AvgIpc) is 2.66. The first kappa shape index (κ1) is 17.5. The molecule has 0 aromatic carbocycles. The summed E-state index contributed by atoms with van der Waals surface area (Å²) in [4.78, 5) is 11.2. The Labute approximate surface area is 119 Å². The number of hydrogen-bond donors (Lipinski definition) is 1. The van der Waals surface area contributed by atoms with Crippen LogP contribution in [0.4, 0.5) is 13.2 Å². The van der Waals surface area contributed by atoms with E-state index in [0.29, 0.717) is 10.8 Å². The molecule has 0 saturated carbocycles. The van der Waals surface area contributed by atoms with Gasteiger partial charge in [-0.1, -0.05) is 13.8 Å². The highest BCUT2D eigenvalue weighted by molar-refractivity contribution is 7.89. The van der Waals surface area contributed by atoms with Crippen molar-refractivity contribution in [2.24, 2.45) is 11.1 Å². The second-order valence-electron chi connectivity index (χ2n) is 4.84. The molecule has 0 aliphatic carbocycles. The molecule has 21 heavy (non-hydrogen) atoms. The first-order chi connectivity index (χ1) is 9.40. The van der Waals surface area contributed by atoms with Crippen molar-refractivity contribution in [3.05, 3.63) is 18.0 Å². The molecule has 1 rings (SSSR count). The molecule has 0 amide bonds. The zero-order valence-corrected chi connectivity index (χ0v) is 12.2. The van der Waals surface area contributed by atoms with Crippen LogP contribution in [0.3, 0.4) is 0 Å². The fourth-order valence-corrected chi connectivity index (χ4v) is 2.00. The zero-order chi connectivity index (χ0) is 16.4. The van der Waals surface area contributed by atoms with E-state index in [0.717, 1.165) is 6.07 Å². The van der Waals surface area contributed by atoms with Gasteiger partial charge >= 0.3 is 12.1 Å². The predicted octanol–water partition coefficient (Wildman–Crippen LogP) is 1.51. The third-order valence-electron chi connectivity index (χ3n) is 2.31. The lowest BCUT2D eigenvalue weighted by Gasteiger charge is -2.12. The van der Waals surface area contributed by atoms with Gasteiger partial charge in [-0.05, 0) is 12.0 Å². The largest absolute Gasteiger partial charge is 0.461 e. The van der Waals surface area contributed by atoms with E-state index in [4.69, 9.17) is 9.88 Å². The molecule has 0 saturated heterocycles. The second-order valence-corrected chi connectivity index (χ2v) is 6.40. The van der Waals surface area contributed by atoms with Crippen LogP contribution in [0, 0.1) is 5.92 Å². The van der Waals surface area contributed by atoms with Crippen LogP contribution in [0.2, 0.25) is 0 Å². The maximum Gasteiger partial charge on any atom is 0.406 e. The van der Waals surface area contributed by atoms with Crippen molar-refractivity contribution >= 4 is 16.0 Å². The monoisotopic (exact) mass is 328 g/mol. The number of hydrogen-bond acceptors (Lipinski definition) is 4. The highest BCUT2D eigenvalue weighted by Gasteiger charge is 2.31. The van der Waals surface area contributed by atoms with Crippen molar-refractivity contribution in [3.63, 3.8) is 0 Å². The first-order valence-electron chi connectivity index (χ1n) is 5.87. The van der Waals surface area contributed by atoms with Gasteiger partial charge in [0, 0.05) is 6.20 Å². The molecule has 6 nitrogen and oxygen atoms in total. The van der Waals surface area contributed by atoms with Crippen LogP contribution in [0.1, 0.15) is 24.3 Å². The van der Waals surface area contributed by atoms with Crippen molar-refractivity contribution in [3.8, 4) is 0 Å². The number of rotatable bonds is 5. The van der Waals surface area contributed by atoms with Gasteiger partial charge in [0.2, 0.25) is 10.0 Å². The van der Waals surface area contributed by atoms with E-state index in [1.807, 2.05) is 0 Å². The molecule has 1 aromatic heterocycles. The molecule has 0 aliphatic heterocycles. The number of halogens is 3. The lowest BCUT2D eigenvalue weighted by atomic mass is 10.2. The minimum atomic E-state index is -4.62. The molecule has 0 spiro atoms. The van der Waals surface area contributed by atoms with Crippen molar-refractivity contribution in [1.82, 2.24) is 4.57 Å². The minimum Gasteiger partial charge on any atom is -0.461 e. The Hall–Kier alpha value is -1.55. The maximum absolute atomic E-state index is 12.5. The van der Waals surface area contributed by atoms with Crippen LogP contribution in [0.15, 0.2) is 17.2 Å². The van der Waals surface area contributed by atoms with Gasteiger partial charge < -0.3 is 9.30 Å². The fourth-order valence-electron chi connectivity index (χ4n) is 1.45. The van der Waals surface area contributed by atoms with Crippen molar-refractivity contribution in [1.29, 1.82) is 0 Å².